The second-order valence-corrected chi connectivity index (χ2v) is 3.42. The molecule has 0 aromatic carbocycles. The molecule has 0 bridgehead atoms. The number of hydrogen-bond acceptors (Lipinski definition) is 4. The third kappa shape index (κ3) is 1.09. The second kappa shape index (κ2) is 2.82. The fraction of sp³-hybridized carbons (Fsp3) is 0.667. The number of hydrogen-bond donors (Lipinski definition) is 1. The molecule has 4 heteroatoms. The highest BCUT2D eigenvalue weighted by Crippen LogP contribution is 2.45. The molecule has 0 saturated carbocycles. The number of ether oxygens (including phenoxy) is 2. The van der Waals surface area contributed by atoms with E-state index in [1.807, 2.05) is 6.08 Å². The van der Waals surface area contributed by atoms with Gasteiger partial charge in [0.15, 0.2) is 0 Å². The maximum atomic E-state index is 11.4. The summed E-state index contributed by atoms with van der Waals surface area (Å²) in [6, 6.07) is 0. The number of carbonyl (C=O) groups is 1. The standard InChI is InChI=1S/C9H12O4/c1-12-8(11)9(5-10)4-2-3-6-7(9)13-6/h2,4,6-7,10H,3,5H2,1H3/t6-,7-,9-/m0/s1. The van der Waals surface area contributed by atoms with Crippen LogP contribution < -0.4 is 0 Å². The van der Waals surface area contributed by atoms with Crippen molar-refractivity contribution in [3.8, 4) is 0 Å². The van der Waals surface area contributed by atoms with Crippen molar-refractivity contribution in [2.24, 2.45) is 5.41 Å². The highest BCUT2D eigenvalue weighted by Gasteiger charge is 2.59. The predicted octanol–water partition coefficient (Wildman–Crippen LogP) is -0.135. The van der Waals surface area contributed by atoms with Crippen LogP contribution in [0.2, 0.25) is 0 Å². The van der Waals surface area contributed by atoms with Gasteiger partial charge in [0.25, 0.3) is 0 Å². The predicted molar refractivity (Wildman–Crippen MR) is 44.0 cm³/mol. The molecular weight excluding hydrogens is 172 g/mol. The SMILES string of the molecule is COC(=O)[C@]1(CO)C=CC[C@@H]2O[C@@H]21. The molecule has 4 nitrogen and oxygen atoms in total. The van der Waals surface area contributed by atoms with E-state index in [9.17, 15) is 9.90 Å². The average molecular weight is 184 g/mol. The Morgan fingerprint density at radius 3 is 3.23 bits per heavy atom. The van der Waals surface area contributed by atoms with Gasteiger partial charge in [-0.3, -0.25) is 4.79 Å². The van der Waals surface area contributed by atoms with E-state index in [1.165, 1.54) is 7.11 Å². The third-order valence-corrected chi connectivity index (χ3v) is 2.70. The van der Waals surface area contributed by atoms with Gasteiger partial charge in [-0.25, -0.2) is 0 Å². The van der Waals surface area contributed by atoms with Gasteiger partial charge in [-0.2, -0.15) is 0 Å². The largest absolute Gasteiger partial charge is 0.468 e. The minimum absolute atomic E-state index is 0.0937. The summed E-state index contributed by atoms with van der Waals surface area (Å²) in [5, 5.41) is 9.21. The zero-order chi connectivity index (χ0) is 9.47. The van der Waals surface area contributed by atoms with Crippen molar-refractivity contribution in [3.05, 3.63) is 12.2 Å². The molecule has 1 saturated heterocycles. The van der Waals surface area contributed by atoms with Gasteiger partial charge in [0.1, 0.15) is 11.5 Å². The quantitative estimate of drug-likeness (QED) is 0.369. The molecule has 3 atom stereocenters. The summed E-state index contributed by atoms with van der Waals surface area (Å²) in [5.41, 5.74) is -0.947. The number of esters is 1. The first-order valence-electron chi connectivity index (χ1n) is 4.27. The molecule has 1 aliphatic heterocycles. The summed E-state index contributed by atoms with van der Waals surface area (Å²) in [5.74, 6) is -0.418. The minimum Gasteiger partial charge on any atom is -0.468 e. The molecule has 2 aliphatic rings. The lowest BCUT2D eigenvalue weighted by Crippen LogP contribution is -2.41. The van der Waals surface area contributed by atoms with E-state index in [0.717, 1.165) is 6.42 Å². The molecule has 1 fully saturated rings. The smallest absolute Gasteiger partial charge is 0.320 e. The first kappa shape index (κ1) is 8.72. The minimum atomic E-state index is -0.947. The molecule has 0 amide bonds. The van der Waals surface area contributed by atoms with E-state index in [-0.39, 0.29) is 18.8 Å². The van der Waals surface area contributed by atoms with E-state index in [2.05, 4.69) is 4.74 Å². The maximum Gasteiger partial charge on any atom is 0.320 e. The third-order valence-electron chi connectivity index (χ3n) is 2.70. The second-order valence-electron chi connectivity index (χ2n) is 3.42. The zero-order valence-electron chi connectivity index (χ0n) is 7.40. The van der Waals surface area contributed by atoms with E-state index >= 15 is 0 Å². The number of carbonyl (C=O) groups excluding carboxylic acids is 1. The number of aliphatic hydroxyl groups excluding tert-OH is 1. The fourth-order valence-electron chi connectivity index (χ4n) is 1.86. The van der Waals surface area contributed by atoms with Crippen LogP contribution in [0.4, 0.5) is 0 Å². The Balaban J connectivity index is 2.27. The van der Waals surface area contributed by atoms with Crippen molar-refractivity contribution in [2.45, 2.75) is 18.6 Å². The number of rotatable bonds is 2. The van der Waals surface area contributed by atoms with Crippen LogP contribution in [0, 0.1) is 5.41 Å². The maximum absolute atomic E-state index is 11.4. The van der Waals surface area contributed by atoms with Gasteiger partial charge in [-0.1, -0.05) is 12.2 Å². The van der Waals surface area contributed by atoms with Crippen molar-refractivity contribution in [2.75, 3.05) is 13.7 Å². The van der Waals surface area contributed by atoms with Crippen LogP contribution in [0.25, 0.3) is 0 Å². The van der Waals surface area contributed by atoms with Gasteiger partial charge in [0.2, 0.25) is 0 Å². The van der Waals surface area contributed by atoms with Gasteiger partial charge in [0, 0.05) is 0 Å². The van der Waals surface area contributed by atoms with Crippen LogP contribution in [0.15, 0.2) is 12.2 Å². The van der Waals surface area contributed by atoms with E-state index in [4.69, 9.17) is 4.74 Å². The molecule has 0 aromatic heterocycles. The van der Waals surface area contributed by atoms with Crippen LogP contribution in [-0.4, -0.2) is 37.0 Å². The van der Waals surface area contributed by atoms with Crippen LogP contribution in [-0.2, 0) is 14.3 Å². The Hall–Kier alpha value is -0.870. The van der Waals surface area contributed by atoms with Gasteiger partial charge in [-0.05, 0) is 6.42 Å². The van der Waals surface area contributed by atoms with Crippen LogP contribution in [0.3, 0.4) is 0 Å². The van der Waals surface area contributed by atoms with E-state index < -0.39 is 11.4 Å². The zero-order valence-corrected chi connectivity index (χ0v) is 7.40. The van der Waals surface area contributed by atoms with Crippen LogP contribution >= 0.6 is 0 Å². The van der Waals surface area contributed by atoms with Crippen molar-refractivity contribution in [3.63, 3.8) is 0 Å². The molecule has 0 unspecified atom stereocenters. The molecule has 1 N–H and O–H groups in total. The fourth-order valence-corrected chi connectivity index (χ4v) is 1.86. The normalized spacial score (nSPS) is 41.1. The first-order valence-corrected chi connectivity index (χ1v) is 4.27. The van der Waals surface area contributed by atoms with Gasteiger partial charge >= 0.3 is 5.97 Å². The van der Waals surface area contributed by atoms with Crippen molar-refractivity contribution >= 4 is 5.97 Å². The first-order chi connectivity index (χ1) is 6.24. The molecular formula is C9H12O4. The van der Waals surface area contributed by atoms with E-state index in [0.29, 0.717) is 0 Å². The highest BCUT2D eigenvalue weighted by molar-refractivity contribution is 5.81. The number of epoxide rings is 1. The van der Waals surface area contributed by atoms with Gasteiger partial charge < -0.3 is 14.6 Å². The summed E-state index contributed by atoms with van der Waals surface area (Å²) in [4.78, 5) is 11.4. The van der Waals surface area contributed by atoms with Crippen LogP contribution in [0.1, 0.15) is 6.42 Å². The topological polar surface area (TPSA) is 59.1 Å². The summed E-state index contributed by atoms with van der Waals surface area (Å²) < 4.78 is 9.94. The van der Waals surface area contributed by atoms with Gasteiger partial charge in [-0.15, -0.1) is 0 Å². The molecule has 13 heavy (non-hydrogen) atoms. The molecule has 72 valence electrons. The monoisotopic (exact) mass is 184 g/mol. The lowest BCUT2D eigenvalue weighted by atomic mass is 9.79. The van der Waals surface area contributed by atoms with Crippen molar-refractivity contribution < 1.29 is 19.4 Å². The lowest BCUT2D eigenvalue weighted by Gasteiger charge is -2.25. The van der Waals surface area contributed by atoms with Gasteiger partial charge in [0.05, 0.1) is 19.8 Å². The Labute approximate surface area is 76.1 Å². The number of fused-ring (bicyclic) bond motifs is 1. The van der Waals surface area contributed by atoms with E-state index in [1.54, 1.807) is 6.08 Å². The van der Waals surface area contributed by atoms with Crippen molar-refractivity contribution in [1.29, 1.82) is 0 Å². The van der Waals surface area contributed by atoms with Crippen LogP contribution in [0.5, 0.6) is 0 Å². The summed E-state index contributed by atoms with van der Waals surface area (Å²) in [6.07, 6.45) is 4.30. The summed E-state index contributed by atoms with van der Waals surface area (Å²) in [6.45, 7) is -0.253. The number of aliphatic hydroxyl groups is 1. The molecule has 1 aliphatic carbocycles. The highest BCUT2D eigenvalue weighted by atomic mass is 16.6. The lowest BCUT2D eigenvalue weighted by molar-refractivity contribution is -0.153. The summed E-state index contributed by atoms with van der Waals surface area (Å²) in [7, 11) is 1.32. The van der Waals surface area contributed by atoms with Crippen molar-refractivity contribution in [1.82, 2.24) is 0 Å². The Bertz CT molecular complexity index is 260. The summed E-state index contributed by atoms with van der Waals surface area (Å²) >= 11 is 0. The number of methoxy groups -OCH3 is 1. The molecule has 2 rings (SSSR count). The Morgan fingerprint density at radius 2 is 2.62 bits per heavy atom. The molecule has 0 aromatic rings. The molecule has 0 spiro atoms. The Morgan fingerprint density at radius 1 is 1.85 bits per heavy atom. The molecule has 1 heterocycles. The average Bonchev–Trinajstić information content (AvgIpc) is 2.95. The molecule has 0 radical (unpaired) electrons. The Kier molecular flexibility index (Phi) is 1.89.